The molecule has 0 bridgehead atoms. The fraction of sp³-hybridized carbons (Fsp3) is 0.571. The smallest absolute Gasteiger partial charge is 0.0708 e. The molecular formula is C14H19BOS. The number of rotatable bonds is 4. The van der Waals surface area contributed by atoms with E-state index in [9.17, 15) is 5.11 Å². The summed E-state index contributed by atoms with van der Waals surface area (Å²) in [6.45, 7) is 2.25. The van der Waals surface area contributed by atoms with Gasteiger partial charge < -0.3 is 5.11 Å². The van der Waals surface area contributed by atoms with Crippen LogP contribution in [0.5, 0.6) is 0 Å². The summed E-state index contributed by atoms with van der Waals surface area (Å²) in [7, 11) is 5.50. The normalized spacial score (nSPS) is 33.5. The second-order valence-electron chi connectivity index (χ2n) is 4.97. The average molecular weight is 246 g/mol. The second-order valence-corrected chi connectivity index (χ2v) is 6.00. The van der Waals surface area contributed by atoms with Gasteiger partial charge in [-0.2, -0.15) is 0 Å². The van der Waals surface area contributed by atoms with Gasteiger partial charge in [-0.1, -0.05) is 31.5 Å². The first kappa shape index (κ1) is 12.9. The van der Waals surface area contributed by atoms with Gasteiger partial charge in [-0.25, -0.2) is 0 Å². The molecule has 0 saturated heterocycles. The second kappa shape index (κ2) is 5.88. The van der Waals surface area contributed by atoms with E-state index in [0.717, 1.165) is 12.8 Å². The van der Waals surface area contributed by atoms with Crippen molar-refractivity contribution in [3.63, 3.8) is 0 Å². The van der Waals surface area contributed by atoms with Gasteiger partial charge in [0.1, 0.15) is 0 Å². The van der Waals surface area contributed by atoms with Gasteiger partial charge in [0.25, 0.3) is 0 Å². The van der Waals surface area contributed by atoms with Gasteiger partial charge in [0.05, 0.1) is 14.0 Å². The van der Waals surface area contributed by atoms with Gasteiger partial charge in [0.2, 0.25) is 0 Å². The first-order valence-corrected chi connectivity index (χ1v) is 7.17. The predicted molar refractivity (Wildman–Crippen MR) is 74.5 cm³/mol. The zero-order valence-electron chi connectivity index (χ0n) is 10.3. The monoisotopic (exact) mass is 246 g/mol. The maximum atomic E-state index is 10.1. The van der Waals surface area contributed by atoms with Crippen LogP contribution in [-0.4, -0.2) is 19.1 Å². The van der Waals surface area contributed by atoms with Gasteiger partial charge in [-0.3, -0.25) is 0 Å². The molecule has 1 aliphatic carbocycles. The van der Waals surface area contributed by atoms with Crippen LogP contribution >= 0.6 is 11.3 Å². The number of thiophene rings is 1. The lowest BCUT2D eigenvalue weighted by Crippen LogP contribution is -2.19. The number of aliphatic hydroxyl groups is 1. The largest absolute Gasteiger partial charge is 0.392 e. The maximum Gasteiger partial charge on any atom is 0.0708 e. The molecule has 3 heteroatoms. The molecule has 2 rings (SSSR count). The quantitative estimate of drug-likeness (QED) is 0.639. The highest BCUT2D eigenvalue weighted by Crippen LogP contribution is 2.40. The summed E-state index contributed by atoms with van der Waals surface area (Å²) < 4.78 is 0. The Morgan fingerprint density at radius 3 is 3.06 bits per heavy atom. The van der Waals surface area contributed by atoms with Crippen LogP contribution < -0.4 is 0 Å². The Balaban J connectivity index is 2.08. The highest BCUT2D eigenvalue weighted by molar-refractivity contribution is 7.09. The van der Waals surface area contributed by atoms with Crippen LogP contribution in [0.3, 0.4) is 0 Å². The zero-order valence-corrected chi connectivity index (χ0v) is 11.1. The number of hydrogen-bond donors (Lipinski definition) is 1. The fourth-order valence-corrected chi connectivity index (χ4v) is 3.66. The fourth-order valence-electron chi connectivity index (χ4n) is 2.88. The van der Waals surface area contributed by atoms with E-state index in [2.05, 4.69) is 30.5 Å². The SMILES string of the molecule is [B]C/C=C\C1C(O)CC(C)C1Cc1cccs1. The average Bonchev–Trinajstić information content (AvgIpc) is 2.88. The number of aliphatic hydroxyl groups excluding tert-OH is 1. The Morgan fingerprint density at radius 1 is 1.59 bits per heavy atom. The third kappa shape index (κ3) is 3.02. The minimum Gasteiger partial charge on any atom is -0.392 e. The summed E-state index contributed by atoms with van der Waals surface area (Å²) in [6, 6.07) is 4.28. The van der Waals surface area contributed by atoms with Crippen LogP contribution in [0.25, 0.3) is 0 Å². The molecule has 1 aliphatic rings. The van der Waals surface area contributed by atoms with E-state index < -0.39 is 0 Å². The molecular weight excluding hydrogens is 227 g/mol. The van der Waals surface area contributed by atoms with Gasteiger partial charge >= 0.3 is 0 Å². The van der Waals surface area contributed by atoms with Crippen molar-refractivity contribution in [2.24, 2.45) is 17.8 Å². The van der Waals surface area contributed by atoms with E-state index in [1.165, 1.54) is 4.88 Å². The Labute approximate surface area is 109 Å². The van der Waals surface area contributed by atoms with Crippen molar-refractivity contribution < 1.29 is 5.11 Å². The summed E-state index contributed by atoms with van der Waals surface area (Å²) in [6.07, 6.45) is 6.45. The molecule has 2 radical (unpaired) electrons. The number of allylic oxidation sites excluding steroid dienone is 1. The molecule has 1 fully saturated rings. The molecule has 0 aromatic carbocycles. The first-order chi connectivity index (χ1) is 8.22. The molecule has 0 amide bonds. The Bertz CT molecular complexity index is 360. The molecule has 17 heavy (non-hydrogen) atoms. The third-order valence-electron chi connectivity index (χ3n) is 3.79. The molecule has 1 aromatic rings. The van der Waals surface area contributed by atoms with E-state index in [4.69, 9.17) is 7.85 Å². The molecule has 4 unspecified atom stereocenters. The van der Waals surface area contributed by atoms with Gasteiger partial charge in [-0.05, 0) is 36.1 Å². The topological polar surface area (TPSA) is 20.2 Å². The van der Waals surface area contributed by atoms with Crippen LogP contribution in [0.1, 0.15) is 18.2 Å². The lowest BCUT2D eigenvalue weighted by Gasteiger charge is -2.20. The highest BCUT2D eigenvalue weighted by atomic mass is 32.1. The predicted octanol–water partition coefficient (Wildman–Crippen LogP) is 3.07. The minimum atomic E-state index is -0.197. The van der Waals surface area contributed by atoms with Crippen molar-refractivity contribution in [3.8, 4) is 0 Å². The van der Waals surface area contributed by atoms with Crippen LogP contribution in [0, 0.1) is 17.8 Å². The Hall–Kier alpha value is -0.535. The van der Waals surface area contributed by atoms with Crippen molar-refractivity contribution in [1.82, 2.24) is 0 Å². The summed E-state index contributed by atoms with van der Waals surface area (Å²) in [5.74, 6) is 1.40. The third-order valence-corrected chi connectivity index (χ3v) is 4.69. The summed E-state index contributed by atoms with van der Waals surface area (Å²) in [4.78, 5) is 1.42. The number of hydrogen-bond acceptors (Lipinski definition) is 2. The summed E-state index contributed by atoms with van der Waals surface area (Å²) >= 11 is 1.81. The van der Waals surface area contributed by atoms with Crippen molar-refractivity contribution in [1.29, 1.82) is 0 Å². The van der Waals surface area contributed by atoms with Gasteiger partial charge in [-0.15, -0.1) is 11.3 Å². The van der Waals surface area contributed by atoms with E-state index in [-0.39, 0.29) is 12.0 Å². The molecule has 0 spiro atoms. The van der Waals surface area contributed by atoms with Crippen molar-refractivity contribution in [2.75, 3.05) is 0 Å². The van der Waals surface area contributed by atoms with Gasteiger partial charge in [0.15, 0.2) is 0 Å². The van der Waals surface area contributed by atoms with Gasteiger partial charge in [0, 0.05) is 10.8 Å². The van der Waals surface area contributed by atoms with E-state index in [1.807, 2.05) is 17.4 Å². The summed E-state index contributed by atoms with van der Waals surface area (Å²) in [5, 5.41) is 12.2. The van der Waals surface area contributed by atoms with Crippen LogP contribution in [0.4, 0.5) is 0 Å². The van der Waals surface area contributed by atoms with E-state index in [0.29, 0.717) is 18.2 Å². The molecule has 1 saturated carbocycles. The van der Waals surface area contributed by atoms with Crippen LogP contribution in [0.15, 0.2) is 29.7 Å². The van der Waals surface area contributed by atoms with Crippen LogP contribution in [0.2, 0.25) is 6.32 Å². The lowest BCUT2D eigenvalue weighted by molar-refractivity contribution is 0.141. The molecule has 90 valence electrons. The highest BCUT2D eigenvalue weighted by Gasteiger charge is 2.38. The molecule has 1 N–H and O–H groups in total. The molecule has 1 nitrogen and oxygen atoms in total. The summed E-state index contributed by atoms with van der Waals surface area (Å²) in [5.41, 5.74) is 0. The molecule has 1 heterocycles. The van der Waals surface area contributed by atoms with E-state index >= 15 is 0 Å². The van der Waals surface area contributed by atoms with Crippen LogP contribution in [-0.2, 0) is 6.42 Å². The maximum absolute atomic E-state index is 10.1. The standard InChI is InChI=1S/C14H19BOS/c1-10-8-14(16)12(5-2-6-15)13(10)9-11-4-3-7-17-11/h2-5,7,10,12-14,16H,6,8-9H2,1H3/b5-2-. The van der Waals surface area contributed by atoms with E-state index in [1.54, 1.807) is 0 Å². The Morgan fingerprint density at radius 2 is 2.41 bits per heavy atom. The molecule has 4 atom stereocenters. The first-order valence-electron chi connectivity index (χ1n) is 6.29. The lowest BCUT2D eigenvalue weighted by atomic mass is 9.85. The van der Waals surface area contributed by atoms with Crippen molar-refractivity contribution >= 4 is 19.2 Å². The zero-order chi connectivity index (χ0) is 12.3. The minimum absolute atomic E-state index is 0.197. The molecule has 1 aromatic heterocycles. The molecule has 0 aliphatic heterocycles. The van der Waals surface area contributed by atoms with Crippen molar-refractivity contribution in [3.05, 3.63) is 34.5 Å². The van der Waals surface area contributed by atoms with Crippen molar-refractivity contribution in [2.45, 2.75) is 32.2 Å². The Kier molecular flexibility index (Phi) is 4.46.